The molecule has 0 radical (unpaired) electrons. The number of amides is 1. The van der Waals surface area contributed by atoms with Gasteiger partial charge >= 0.3 is 5.97 Å². The fourth-order valence-electron chi connectivity index (χ4n) is 1.69. The first kappa shape index (κ1) is 9.51. The molecule has 1 heterocycles. The van der Waals surface area contributed by atoms with Crippen molar-refractivity contribution in [2.75, 3.05) is 0 Å². The van der Waals surface area contributed by atoms with Gasteiger partial charge in [-0.1, -0.05) is 6.07 Å². The summed E-state index contributed by atoms with van der Waals surface area (Å²) in [6.45, 7) is 0. The molecule has 0 aromatic heterocycles. The van der Waals surface area contributed by atoms with E-state index in [4.69, 9.17) is 5.11 Å². The quantitative estimate of drug-likeness (QED) is 0.664. The Kier molecular flexibility index (Phi) is 2.07. The zero-order valence-corrected chi connectivity index (χ0v) is 7.73. The third-order valence-corrected chi connectivity index (χ3v) is 2.34. The van der Waals surface area contributed by atoms with Crippen LogP contribution in [-0.2, 0) is 4.79 Å². The van der Waals surface area contributed by atoms with Crippen molar-refractivity contribution in [1.82, 2.24) is 5.32 Å². The first-order valence-corrected chi connectivity index (χ1v) is 4.43. The van der Waals surface area contributed by atoms with Crippen LogP contribution >= 0.6 is 0 Å². The predicted octanol–water partition coefficient (Wildman–Crippen LogP) is 0.651. The van der Waals surface area contributed by atoms with E-state index >= 15 is 0 Å². The van der Waals surface area contributed by atoms with Crippen molar-refractivity contribution in [2.45, 2.75) is 12.5 Å². The van der Waals surface area contributed by atoms with Gasteiger partial charge in [0.2, 0.25) is 0 Å². The molecule has 0 aliphatic carbocycles. The Bertz CT molecular complexity index is 441. The Morgan fingerprint density at radius 1 is 1.47 bits per heavy atom. The van der Waals surface area contributed by atoms with Gasteiger partial charge in [-0.25, -0.2) is 0 Å². The second kappa shape index (κ2) is 3.27. The summed E-state index contributed by atoms with van der Waals surface area (Å²) in [6, 6.07) is 3.85. The maximum atomic E-state index is 11.4. The van der Waals surface area contributed by atoms with E-state index in [2.05, 4.69) is 5.32 Å². The van der Waals surface area contributed by atoms with Gasteiger partial charge < -0.3 is 15.5 Å². The minimum Gasteiger partial charge on any atom is -0.508 e. The van der Waals surface area contributed by atoms with Crippen molar-refractivity contribution >= 4 is 11.9 Å². The van der Waals surface area contributed by atoms with Crippen LogP contribution in [0.1, 0.15) is 28.4 Å². The minimum absolute atomic E-state index is 0.000116. The lowest BCUT2D eigenvalue weighted by molar-refractivity contribution is -0.137. The Hall–Kier alpha value is -2.04. The highest BCUT2D eigenvalue weighted by Gasteiger charge is 2.30. The van der Waals surface area contributed by atoms with E-state index in [0.717, 1.165) is 0 Å². The zero-order valence-electron chi connectivity index (χ0n) is 7.73. The number of rotatable bonds is 2. The molecule has 1 aromatic rings. The number of aromatic hydroxyl groups is 1. The summed E-state index contributed by atoms with van der Waals surface area (Å²) in [5.74, 6) is -1.31. The summed E-state index contributed by atoms with van der Waals surface area (Å²) >= 11 is 0. The predicted molar refractivity (Wildman–Crippen MR) is 50.6 cm³/mol. The van der Waals surface area contributed by atoms with Crippen LogP contribution in [0, 0.1) is 0 Å². The highest BCUT2D eigenvalue weighted by atomic mass is 16.4. The lowest BCUT2D eigenvalue weighted by Gasteiger charge is -2.07. The molecule has 0 bridgehead atoms. The van der Waals surface area contributed by atoms with Gasteiger partial charge in [-0.2, -0.15) is 0 Å². The third kappa shape index (κ3) is 1.63. The molecule has 0 unspecified atom stereocenters. The van der Waals surface area contributed by atoms with Gasteiger partial charge in [0.25, 0.3) is 5.91 Å². The van der Waals surface area contributed by atoms with Gasteiger partial charge in [-0.3, -0.25) is 9.59 Å². The second-order valence-electron chi connectivity index (χ2n) is 3.40. The summed E-state index contributed by atoms with van der Waals surface area (Å²) in [4.78, 5) is 21.9. The fourth-order valence-corrected chi connectivity index (χ4v) is 1.69. The van der Waals surface area contributed by atoms with Gasteiger partial charge in [-0.05, 0) is 17.7 Å². The number of phenolic OH excluding ortho intramolecular Hbond substituents is 1. The largest absolute Gasteiger partial charge is 0.508 e. The molecular formula is C10H9NO4. The van der Waals surface area contributed by atoms with Crippen molar-refractivity contribution < 1.29 is 19.8 Å². The van der Waals surface area contributed by atoms with Crippen molar-refractivity contribution in [3.63, 3.8) is 0 Å². The van der Waals surface area contributed by atoms with Crippen molar-refractivity contribution in [3.05, 3.63) is 29.3 Å². The Balaban J connectivity index is 2.38. The normalized spacial score (nSPS) is 18.4. The molecule has 2 rings (SSSR count). The molecule has 15 heavy (non-hydrogen) atoms. The Morgan fingerprint density at radius 3 is 2.87 bits per heavy atom. The summed E-state index contributed by atoms with van der Waals surface area (Å²) in [7, 11) is 0. The Labute approximate surface area is 85.3 Å². The maximum absolute atomic E-state index is 11.4. The lowest BCUT2D eigenvalue weighted by Crippen LogP contribution is -2.21. The van der Waals surface area contributed by atoms with Gasteiger partial charge in [0.05, 0.1) is 12.5 Å². The first-order valence-electron chi connectivity index (χ1n) is 4.43. The lowest BCUT2D eigenvalue weighted by atomic mass is 10.0. The summed E-state index contributed by atoms with van der Waals surface area (Å²) in [5.41, 5.74) is 0.974. The van der Waals surface area contributed by atoms with Crippen LogP contribution in [-0.4, -0.2) is 22.1 Å². The third-order valence-electron chi connectivity index (χ3n) is 2.34. The molecule has 1 aromatic carbocycles. The van der Waals surface area contributed by atoms with E-state index in [1.807, 2.05) is 0 Å². The summed E-state index contributed by atoms with van der Waals surface area (Å²) in [6.07, 6.45) is -0.149. The molecule has 1 aliphatic rings. The van der Waals surface area contributed by atoms with Gasteiger partial charge in [0, 0.05) is 5.56 Å². The van der Waals surface area contributed by atoms with E-state index in [9.17, 15) is 14.7 Å². The molecule has 5 nitrogen and oxygen atoms in total. The maximum Gasteiger partial charge on any atom is 0.305 e. The molecule has 0 spiro atoms. The van der Waals surface area contributed by atoms with Crippen molar-refractivity contribution in [2.24, 2.45) is 0 Å². The smallest absolute Gasteiger partial charge is 0.305 e. The molecule has 0 fully saturated rings. The first-order chi connectivity index (χ1) is 7.08. The van der Waals surface area contributed by atoms with Crippen LogP contribution in [0.4, 0.5) is 0 Å². The summed E-state index contributed by atoms with van der Waals surface area (Å²) in [5, 5.41) is 20.4. The molecule has 3 N–H and O–H groups in total. The standard InChI is InChI=1S/C10H9NO4/c12-5-1-2-6-7(3-5)10(15)11-8(6)4-9(13)14/h1-3,8,12H,4H2,(H,11,15)(H,13,14)/t8-/m1/s1. The van der Waals surface area contributed by atoms with Crippen LogP contribution in [0.5, 0.6) is 5.75 Å². The summed E-state index contributed by atoms with van der Waals surface area (Å²) < 4.78 is 0. The molecule has 78 valence electrons. The van der Waals surface area contributed by atoms with Gasteiger partial charge in [-0.15, -0.1) is 0 Å². The molecule has 0 saturated carbocycles. The minimum atomic E-state index is -0.971. The molecular weight excluding hydrogens is 198 g/mol. The number of carbonyl (C=O) groups excluding carboxylic acids is 1. The van der Waals surface area contributed by atoms with Crippen LogP contribution < -0.4 is 5.32 Å². The van der Waals surface area contributed by atoms with Crippen molar-refractivity contribution in [3.8, 4) is 5.75 Å². The Morgan fingerprint density at radius 2 is 2.20 bits per heavy atom. The van der Waals surface area contributed by atoms with E-state index in [1.165, 1.54) is 12.1 Å². The average molecular weight is 207 g/mol. The van der Waals surface area contributed by atoms with Crippen LogP contribution in [0.25, 0.3) is 0 Å². The monoisotopic (exact) mass is 207 g/mol. The fraction of sp³-hybridized carbons (Fsp3) is 0.200. The average Bonchev–Trinajstić information content (AvgIpc) is 2.42. The molecule has 5 heteroatoms. The number of aliphatic carboxylic acids is 1. The van der Waals surface area contributed by atoms with Crippen LogP contribution in [0.15, 0.2) is 18.2 Å². The molecule has 0 saturated heterocycles. The van der Waals surface area contributed by atoms with E-state index in [1.54, 1.807) is 6.07 Å². The van der Waals surface area contributed by atoms with E-state index < -0.39 is 12.0 Å². The van der Waals surface area contributed by atoms with Gasteiger partial charge in [0.1, 0.15) is 5.75 Å². The van der Waals surface area contributed by atoms with Crippen LogP contribution in [0.3, 0.4) is 0 Å². The van der Waals surface area contributed by atoms with E-state index in [0.29, 0.717) is 11.1 Å². The number of benzene rings is 1. The number of fused-ring (bicyclic) bond motifs is 1. The number of carboxylic acid groups (broad SMARTS) is 1. The molecule has 1 atom stereocenters. The zero-order chi connectivity index (χ0) is 11.0. The SMILES string of the molecule is O=C(O)C[C@H]1NC(=O)c2cc(O)ccc21. The van der Waals surface area contributed by atoms with Gasteiger partial charge in [0.15, 0.2) is 0 Å². The highest BCUT2D eigenvalue weighted by molar-refractivity contribution is 6.00. The highest BCUT2D eigenvalue weighted by Crippen LogP contribution is 2.30. The molecule has 1 aliphatic heterocycles. The topological polar surface area (TPSA) is 86.6 Å². The number of phenols is 1. The number of hydrogen-bond donors (Lipinski definition) is 3. The number of hydrogen-bond acceptors (Lipinski definition) is 3. The van der Waals surface area contributed by atoms with E-state index in [-0.39, 0.29) is 18.1 Å². The molecule has 1 amide bonds. The van der Waals surface area contributed by atoms with Crippen molar-refractivity contribution in [1.29, 1.82) is 0 Å². The number of carbonyl (C=O) groups is 2. The number of nitrogens with one attached hydrogen (secondary N) is 1. The number of carboxylic acids is 1. The van der Waals surface area contributed by atoms with Crippen LogP contribution in [0.2, 0.25) is 0 Å². The second-order valence-corrected chi connectivity index (χ2v) is 3.40.